The zero-order valence-corrected chi connectivity index (χ0v) is 23.8. The van der Waals surface area contributed by atoms with Crippen LogP contribution in [-0.2, 0) is 0 Å². The molecule has 168 valence electrons. The minimum atomic E-state index is 1.07. The lowest BCUT2D eigenvalue weighted by molar-refractivity contribution is 1.34. The van der Waals surface area contributed by atoms with Crippen LogP contribution >= 0.6 is 68.0 Å². The largest absolute Gasteiger partial charge is 0.255 e. The Morgan fingerprint density at radius 2 is 1.32 bits per heavy atom. The minimum Gasteiger partial charge on any atom is -0.255 e. The Labute approximate surface area is 221 Å². The summed E-state index contributed by atoms with van der Waals surface area (Å²) in [5.74, 6) is 0. The molecule has 0 fully saturated rings. The number of hydrogen-bond donors (Lipinski definition) is 0. The van der Waals surface area contributed by atoms with Crippen LogP contribution in [0.5, 0.6) is 0 Å². The van der Waals surface area contributed by atoms with E-state index in [-0.39, 0.29) is 0 Å². The highest BCUT2D eigenvalue weighted by atomic mass is 32.1. The summed E-state index contributed by atoms with van der Waals surface area (Å²) in [5, 5.41) is 0. The summed E-state index contributed by atoms with van der Waals surface area (Å²) in [6, 6.07) is 13.3. The second-order valence-electron chi connectivity index (χ2n) is 8.50. The van der Waals surface area contributed by atoms with Gasteiger partial charge in [0.15, 0.2) is 0 Å². The number of thiophene rings is 6. The highest BCUT2D eigenvalue weighted by molar-refractivity contribution is 7.45. The second-order valence-corrected chi connectivity index (χ2v) is 15.6. The zero-order chi connectivity index (χ0) is 23.1. The maximum absolute atomic E-state index is 4.58. The Morgan fingerprint density at radius 3 is 2.00 bits per heavy atom. The molecule has 0 saturated heterocycles. The van der Waals surface area contributed by atoms with Crippen LogP contribution in [0.1, 0.15) is 19.5 Å². The Hall–Kier alpha value is -1.87. The summed E-state index contributed by atoms with van der Waals surface area (Å²) in [7, 11) is 0. The Kier molecular flexibility index (Phi) is 4.92. The standard InChI is InChI=1S/C27H19NS6/c1-12-9-16(14(3)29-12)21-22(17-10-13(2)30-15(17)4)33-26-24(21)34-25-23-20(32-27(25)26)11-19(31-23)18-7-5-6-8-28-18/h5-11H,1-4H3. The number of fused-ring (bicyclic) bond motifs is 5. The number of pyridine rings is 1. The summed E-state index contributed by atoms with van der Waals surface area (Å²) in [4.78, 5) is 12.9. The van der Waals surface area contributed by atoms with Gasteiger partial charge >= 0.3 is 0 Å². The molecule has 0 amide bonds. The Balaban J connectivity index is 1.53. The van der Waals surface area contributed by atoms with Crippen molar-refractivity contribution in [2.24, 2.45) is 0 Å². The lowest BCUT2D eigenvalue weighted by atomic mass is 10.0. The van der Waals surface area contributed by atoms with Gasteiger partial charge in [-0.15, -0.1) is 68.0 Å². The number of aryl methyl sites for hydroxylation is 4. The highest BCUT2D eigenvalue weighted by Gasteiger charge is 2.26. The molecule has 7 aromatic rings. The van der Waals surface area contributed by atoms with E-state index in [9.17, 15) is 0 Å². The molecule has 34 heavy (non-hydrogen) atoms. The third-order valence-electron chi connectivity index (χ3n) is 6.11. The van der Waals surface area contributed by atoms with Gasteiger partial charge in [-0.1, -0.05) is 6.07 Å². The van der Waals surface area contributed by atoms with Crippen molar-refractivity contribution in [2.45, 2.75) is 27.7 Å². The van der Waals surface area contributed by atoms with Crippen LogP contribution in [0, 0.1) is 27.7 Å². The van der Waals surface area contributed by atoms with Crippen molar-refractivity contribution in [2.75, 3.05) is 0 Å². The third kappa shape index (κ3) is 3.15. The molecular formula is C27H19NS6. The number of hydrogen-bond acceptors (Lipinski definition) is 7. The molecule has 0 aliphatic rings. The first-order chi connectivity index (χ1) is 16.5. The molecule has 0 aliphatic carbocycles. The minimum absolute atomic E-state index is 1.07. The molecule has 0 aromatic carbocycles. The van der Waals surface area contributed by atoms with Crippen molar-refractivity contribution in [1.29, 1.82) is 0 Å². The molecular weight excluding hydrogens is 531 g/mol. The van der Waals surface area contributed by atoms with Crippen LogP contribution in [0.2, 0.25) is 0 Å². The van der Waals surface area contributed by atoms with Crippen molar-refractivity contribution in [3.05, 3.63) is 62.1 Å². The van der Waals surface area contributed by atoms with Gasteiger partial charge < -0.3 is 0 Å². The predicted octanol–water partition coefficient (Wildman–Crippen LogP) is 11.1. The summed E-state index contributed by atoms with van der Waals surface area (Å²) >= 11 is 11.7. The van der Waals surface area contributed by atoms with Crippen molar-refractivity contribution in [3.63, 3.8) is 0 Å². The molecule has 0 radical (unpaired) electrons. The average Bonchev–Trinajstić information content (AvgIpc) is 3.61. The molecule has 7 heterocycles. The fourth-order valence-electron chi connectivity index (χ4n) is 4.68. The van der Waals surface area contributed by atoms with E-state index >= 15 is 0 Å². The molecule has 7 rings (SSSR count). The van der Waals surface area contributed by atoms with Gasteiger partial charge in [-0.25, -0.2) is 0 Å². The molecule has 7 aromatic heterocycles. The van der Waals surface area contributed by atoms with E-state index < -0.39 is 0 Å². The first-order valence-corrected chi connectivity index (χ1v) is 15.9. The Morgan fingerprint density at radius 1 is 0.618 bits per heavy atom. The summed E-state index contributed by atoms with van der Waals surface area (Å²) < 4.78 is 8.63. The van der Waals surface area contributed by atoms with E-state index in [1.807, 2.05) is 80.3 Å². The van der Waals surface area contributed by atoms with Crippen molar-refractivity contribution < 1.29 is 0 Å². The van der Waals surface area contributed by atoms with E-state index in [1.54, 1.807) is 0 Å². The van der Waals surface area contributed by atoms with E-state index in [0.717, 1.165) is 5.69 Å². The van der Waals surface area contributed by atoms with Gasteiger partial charge in [-0.05, 0) is 63.6 Å². The topological polar surface area (TPSA) is 12.9 Å². The quantitative estimate of drug-likeness (QED) is 0.214. The molecule has 0 saturated carbocycles. The monoisotopic (exact) mass is 549 g/mol. The average molecular weight is 550 g/mol. The van der Waals surface area contributed by atoms with Gasteiger partial charge in [-0.2, -0.15) is 0 Å². The van der Waals surface area contributed by atoms with Crippen LogP contribution < -0.4 is 0 Å². The van der Waals surface area contributed by atoms with Gasteiger partial charge in [0.2, 0.25) is 0 Å². The van der Waals surface area contributed by atoms with Gasteiger partial charge in [0.25, 0.3) is 0 Å². The number of aromatic nitrogens is 1. The molecule has 1 nitrogen and oxygen atoms in total. The van der Waals surface area contributed by atoms with Gasteiger partial charge in [0.05, 0.1) is 34.1 Å². The molecule has 0 unspecified atom stereocenters. The van der Waals surface area contributed by atoms with Crippen LogP contribution in [0.4, 0.5) is 0 Å². The first-order valence-electron chi connectivity index (χ1n) is 11.0. The lowest BCUT2D eigenvalue weighted by Crippen LogP contribution is -1.79. The van der Waals surface area contributed by atoms with Gasteiger partial charge in [-0.3, -0.25) is 4.98 Å². The van der Waals surface area contributed by atoms with Gasteiger partial charge in [0.1, 0.15) is 0 Å². The number of rotatable bonds is 3. The first kappa shape index (κ1) is 21.4. The van der Waals surface area contributed by atoms with E-state index in [4.69, 9.17) is 0 Å². The smallest absolute Gasteiger partial charge is 0.0802 e. The van der Waals surface area contributed by atoms with Gasteiger partial charge in [0, 0.05) is 46.4 Å². The van der Waals surface area contributed by atoms with Crippen LogP contribution in [0.15, 0.2) is 42.6 Å². The summed E-state index contributed by atoms with van der Waals surface area (Å²) in [6.07, 6.45) is 1.88. The molecule has 0 spiro atoms. The molecule has 0 aliphatic heterocycles. The van der Waals surface area contributed by atoms with E-state index in [2.05, 4.69) is 63.0 Å². The highest BCUT2D eigenvalue weighted by Crippen LogP contribution is 2.57. The molecule has 0 atom stereocenters. The van der Waals surface area contributed by atoms with Crippen LogP contribution in [0.25, 0.3) is 60.3 Å². The Bertz CT molecular complexity index is 1850. The normalized spacial score (nSPS) is 12.1. The van der Waals surface area contributed by atoms with Crippen LogP contribution in [0.3, 0.4) is 0 Å². The molecule has 0 bridgehead atoms. The fraction of sp³-hybridized carbons (Fsp3) is 0.148. The van der Waals surface area contributed by atoms with E-state index in [1.165, 1.54) is 74.2 Å². The molecule has 7 heteroatoms. The van der Waals surface area contributed by atoms with Crippen LogP contribution in [-0.4, -0.2) is 4.98 Å². The second kappa shape index (κ2) is 7.82. The zero-order valence-electron chi connectivity index (χ0n) is 18.9. The predicted molar refractivity (Wildman–Crippen MR) is 159 cm³/mol. The van der Waals surface area contributed by atoms with Crippen molar-refractivity contribution in [3.8, 4) is 32.1 Å². The fourth-order valence-corrected chi connectivity index (χ4v) is 12.6. The van der Waals surface area contributed by atoms with E-state index in [0.29, 0.717) is 0 Å². The molecule has 0 N–H and O–H groups in total. The maximum Gasteiger partial charge on any atom is 0.0802 e. The summed E-state index contributed by atoms with van der Waals surface area (Å²) in [5.41, 5.74) is 5.35. The number of nitrogens with zero attached hydrogens (tertiary/aromatic N) is 1. The third-order valence-corrected chi connectivity index (χ3v) is 13.5. The lowest BCUT2D eigenvalue weighted by Gasteiger charge is -2.04. The SMILES string of the molecule is Cc1cc(-c2sc3c(sc4c5sc(-c6ccccn6)cc5sc34)c2-c2cc(C)sc2C)c(C)s1. The van der Waals surface area contributed by atoms with Crippen molar-refractivity contribution >= 4 is 96.2 Å². The van der Waals surface area contributed by atoms with Crippen molar-refractivity contribution in [1.82, 2.24) is 4.98 Å². The maximum atomic E-state index is 4.58. The summed E-state index contributed by atoms with van der Waals surface area (Å²) in [6.45, 7) is 9.00.